The molecule has 0 aliphatic carbocycles. The molecule has 2 saturated heterocycles. The number of piperidine rings is 1. The van der Waals surface area contributed by atoms with Crippen LogP contribution in [0.1, 0.15) is 30.7 Å². The van der Waals surface area contributed by atoms with Crippen molar-refractivity contribution >= 4 is 5.97 Å². The zero-order valence-electron chi connectivity index (χ0n) is 11.9. The third kappa shape index (κ3) is 2.12. The lowest BCUT2D eigenvalue weighted by Crippen LogP contribution is -2.49. The highest BCUT2D eigenvalue weighted by atomic mass is 19.1. The average molecular weight is 277 g/mol. The first-order chi connectivity index (χ1) is 9.61. The predicted molar refractivity (Wildman–Crippen MR) is 73.8 cm³/mol. The minimum absolute atomic E-state index is 0.136. The minimum Gasteiger partial charge on any atom is -0.469 e. The van der Waals surface area contributed by atoms with Crippen molar-refractivity contribution in [3.63, 3.8) is 0 Å². The summed E-state index contributed by atoms with van der Waals surface area (Å²) in [6.45, 7) is 0. The van der Waals surface area contributed by atoms with Gasteiger partial charge in [0.2, 0.25) is 0 Å². The Labute approximate surface area is 118 Å². The van der Waals surface area contributed by atoms with Gasteiger partial charge in [0.25, 0.3) is 0 Å². The van der Waals surface area contributed by atoms with Crippen LogP contribution < -0.4 is 0 Å². The minimum atomic E-state index is -0.237. The SMILES string of the molecule is COC(=O)[C@H]1[C@@H](c2ccc(F)cc2)C[C@@H]2CC[C@@H]1N2C. The van der Waals surface area contributed by atoms with E-state index in [0.29, 0.717) is 6.04 Å². The molecule has 3 nitrogen and oxygen atoms in total. The highest BCUT2D eigenvalue weighted by Crippen LogP contribution is 2.46. The maximum atomic E-state index is 13.1. The second-order valence-corrected chi connectivity index (χ2v) is 5.91. The number of carbonyl (C=O) groups excluding carboxylic acids is 1. The molecule has 0 spiro atoms. The first kappa shape index (κ1) is 13.6. The van der Waals surface area contributed by atoms with Crippen LogP contribution in [0.2, 0.25) is 0 Å². The summed E-state index contributed by atoms with van der Waals surface area (Å²) < 4.78 is 18.1. The number of methoxy groups -OCH3 is 1. The Morgan fingerprint density at radius 3 is 2.65 bits per heavy atom. The Morgan fingerprint density at radius 1 is 1.30 bits per heavy atom. The molecule has 3 rings (SSSR count). The van der Waals surface area contributed by atoms with Gasteiger partial charge in [-0.15, -0.1) is 0 Å². The number of rotatable bonds is 2. The fraction of sp³-hybridized carbons (Fsp3) is 0.562. The van der Waals surface area contributed by atoms with Gasteiger partial charge in [0.1, 0.15) is 5.82 Å². The molecule has 2 heterocycles. The lowest BCUT2D eigenvalue weighted by atomic mass is 9.76. The Bertz CT molecular complexity index is 502. The number of esters is 1. The van der Waals surface area contributed by atoms with Crippen LogP contribution in [0.4, 0.5) is 4.39 Å². The fourth-order valence-corrected chi connectivity index (χ4v) is 3.98. The van der Waals surface area contributed by atoms with Crippen LogP contribution in [0.3, 0.4) is 0 Å². The van der Waals surface area contributed by atoms with Crippen LogP contribution in [0.5, 0.6) is 0 Å². The largest absolute Gasteiger partial charge is 0.469 e. The van der Waals surface area contributed by atoms with Crippen LogP contribution in [-0.2, 0) is 9.53 Å². The highest BCUT2D eigenvalue weighted by Gasteiger charge is 2.49. The highest BCUT2D eigenvalue weighted by molar-refractivity contribution is 5.75. The molecule has 0 N–H and O–H groups in total. The van der Waals surface area contributed by atoms with Crippen molar-refractivity contribution in [1.29, 1.82) is 0 Å². The molecule has 0 unspecified atom stereocenters. The molecule has 4 atom stereocenters. The van der Waals surface area contributed by atoms with Gasteiger partial charge in [0, 0.05) is 18.0 Å². The van der Waals surface area contributed by atoms with E-state index in [-0.39, 0.29) is 29.7 Å². The molecule has 2 aliphatic heterocycles. The van der Waals surface area contributed by atoms with Gasteiger partial charge in [0.15, 0.2) is 0 Å². The maximum absolute atomic E-state index is 13.1. The maximum Gasteiger partial charge on any atom is 0.310 e. The van der Waals surface area contributed by atoms with E-state index in [1.54, 1.807) is 12.1 Å². The Balaban J connectivity index is 1.95. The molecule has 2 bridgehead atoms. The fourth-order valence-electron chi connectivity index (χ4n) is 3.98. The van der Waals surface area contributed by atoms with Crippen LogP contribution >= 0.6 is 0 Å². The molecule has 108 valence electrons. The first-order valence-electron chi connectivity index (χ1n) is 7.17. The normalized spacial score (nSPS) is 33.1. The molecule has 4 heteroatoms. The topological polar surface area (TPSA) is 29.5 Å². The quantitative estimate of drug-likeness (QED) is 0.778. The number of hydrogen-bond donors (Lipinski definition) is 0. The van der Waals surface area contributed by atoms with Crippen molar-refractivity contribution in [3.8, 4) is 0 Å². The zero-order chi connectivity index (χ0) is 14.3. The standard InChI is InChI=1S/C16H20FNO2/c1-18-12-7-8-14(18)15(16(19)20-2)13(9-12)10-3-5-11(17)6-4-10/h3-6,12-15H,7-9H2,1-2H3/t12-,13+,14-,15-/m0/s1. The van der Waals surface area contributed by atoms with Gasteiger partial charge >= 0.3 is 5.97 Å². The van der Waals surface area contributed by atoms with Gasteiger partial charge in [-0.25, -0.2) is 4.39 Å². The van der Waals surface area contributed by atoms with Crippen molar-refractivity contribution in [2.24, 2.45) is 5.92 Å². The number of ether oxygens (including phenoxy) is 1. The number of nitrogens with zero attached hydrogens (tertiary/aromatic N) is 1. The molecular weight excluding hydrogens is 257 g/mol. The molecule has 1 aromatic rings. The van der Waals surface area contributed by atoms with E-state index in [1.165, 1.54) is 19.2 Å². The smallest absolute Gasteiger partial charge is 0.310 e. The van der Waals surface area contributed by atoms with E-state index in [1.807, 2.05) is 0 Å². The Morgan fingerprint density at radius 2 is 2.00 bits per heavy atom. The van der Waals surface area contributed by atoms with E-state index in [0.717, 1.165) is 24.8 Å². The molecular formula is C16H20FNO2. The molecule has 1 aromatic carbocycles. The predicted octanol–water partition coefficient (Wildman–Crippen LogP) is 2.57. The van der Waals surface area contributed by atoms with Crippen LogP contribution in [-0.4, -0.2) is 37.1 Å². The molecule has 0 amide bonds. The summed E-state index contributed by atoms with van der Waals surface area (Å²) in [6.07, 6.45) is 3.11. The average Bonchev–Trinajstić information content (AvgIpc) is 2.70. The summed E-state index contributed by atoms with van der Waals surface area (Å²) in [4.78, 5) is 14.5. The van der Waals surface area contributed by atoms with E-state index >= 15 is 0 Å². The Kier molecular flexibility index (Phi) is 3.50. The lowest BCUT2D eigenvalue weighted by molar-refractivity contribution is -0.150. The zero-order valence-corrected chi connectivity index (χ0v) is 11.9. The number of fused-ring (bicyclic) bond motifs is 2. The third-order valence-corrected chi connectivity index (χ3v) is 5.04. The number of halogens is 1. The third-order valence-electron chi connectivity index (χ3n) is 5.04. The van der Waals surface area contributed by atoms with E-state index in [4.69, 9.17) is 4.74 Å². The summed E-state index contributed by atoms with van der Waals surface area (Å²) in [6, 6.07) is 7.34. The van der Waals surface area contributed by atoms with Gasteiger partial charge in [-0.3, -0.25) is 9.69 Å². The summed E-state index contributed by atoms with van der Waals surface area (Å²) in [5.74, 6) is -0.387. The van der Waals surface area contributed by atoms with E-state index in [2.05, 4.69) is 11.9 Å². The molecule has 2 fully saturated rings. The van der Waals surface area contributed by atoms with Crippen LogP contribution in [0.15, 0.2) is 24.3 Å². The van der Waals surface area contributed by atoms with Crippen molar-refractivity contribution < 1.29 is 13.9 Å². The van der Waals surface area contributed by atoms with Crippen molar-refractivity contribution in [2.75, 3.05) is 14.2 Å². The first-order valence-corrected chi connectivity index (χ1v) is 7.17. The van der Waals surface area contributed by atoms with Gasteiger partial charge in [0.05, 0.1) is 13.0 Å². The van der Waals surface area contributed by atoms with Crippen molar-refractivity contribution in [1.82, 2.24) is 4.90 Å². The molecule has 20 heavy (non-hydrogen) atoms. The van der Waals surface area contributed by atoms with E-state index < -0.39 is 0 Å². The molecule has 0 aromatic heterocycles. The van der Waals surface area contributed by atoms with Gasteiger partial charge in [-0.2, -0.15) is 0 Å². The van der Waals surface area contributed by atoms with Crippen LogP contribution in [0.25, 0.3) is 0 Å². The summed E-state index contributed by atoms with van der Waals surface area (Å²) in [5.41, 5.74) is 1.05. The number of carbonyl (C=O) groups is 1. The molecule has 2 aliphatic rings. The second kappa shape index (κ2) is 5.17. The summed E-state index contributed by atoms with van der Waals surface area (Å²) in [5, 5.41) is 0. The Hall–Kier alpha value is -1.42. The second-order valence-electron chi connectivity index (χ2n) is 5.91. The van der Waals surface area contributed by atoms with Gasteiger partial charge in [-0.1, -0.05) is 12.1 Å². The van der Waals surface area contributed by atoms with Crippen LogP contribution in [0, 0.1) is 11.7 Å². The molecule has 0 saturated carbocycles. The van der Waals surface area contributed by atoms with Crippen molar-refractivity contribution in [3.05, 3.63) is 35.6 Å². The monoisotopic (exact) mass is 277 g/mol. The van der Waals surface area contributed by atoms with Crippen molar-refractivity contribution in [2.45, 2.75) is 37.3 Å². The lowest BCUT2D eigenvalue weighted by Gasteiger charge is -2.41. The number of hydrogen-bond acceptors (Lipinski definition) is 3. The van der Waals surface area contributed by atoms with Gasteiger partial charge in [-0.05, 0) is 44.0 Å². The van der Waals surface area contributed by atoms with Gasteiger partial charge < -0.3 is 4.74 Å². The summed E-state index contributed by atoms with van der Waals surface area (Å²) in [7, 11) is 3.55. The number of benzene rings is 1. The molecule has 0 radical (unpaired) electrons. The van der Waals surface area contributed by atoms with E-state index in [9.17, 15) is 9.18 Å². The summed E-state index contributed by atoms with van der Waals surface area (Å²) >= 11 is 0.